The Morgan fingerprint density at radius 2 is 1.79 bits per heavy atom. The number of anilines is 1. The summed E-state index contributed by atoms with van der Waals surface area (Å²) in [5.74, 6) is 0.314. The van der Waals surface area contributed by atoms with Crippen LogP contribution < -0.4 is 14.4 Å². The first-order valence-corrected chi connectivity index (χ1v) is 9.98. The van der Waals surface area contributed by atoms with Gasteiger partial charge in [-0.05, 0) is 74.1 Å². The number of rotatable bonds is 9. The third kappa shape index (κ3) is 6.24. The molecule has 1 aliphatic rings. The maximum absolute atomic E-state index is 12.6. The molecule has 3 rings (SSSR count). The molecule has 0 unspecified atom stereocenters. The van der Waals surface area contributed by atoms with Crippen LogP contribution in [-0.4, -0.2) is 36.7 Å². The number of carboxylic acid groups (broad SMARTS) is 1. The van der Waals surface area contributed by atoms with Gasteiger partial charge in [0, 0.05) is 19.2 Å². The van der Waals surface area contributed by atoms with Crippen LogP contribution in [0.25, 0.3) is 0 Å². The van der Waals surface area contributed by atoms with Gasteiger partial charge in [-0.25, -0.2) is 4.79 Å². The summed E-state index contributed by atoms with van der Waals surface area (Å²) >= 11 is 0. The van der Waals surface area contributed by atoms with E-state index in [1.165, 1.54) is 12.8 Å². The molecule has 1 aliphatic carbocycles. The molecule has 0 bridgehead atoms. The van der Waals surface area contributed by atoms with E-state index in [9.17, 15) is 9.59 Å². The highest BCUT2D eigenvalue weighted by atomic mass is 16.5. The SMILES string of the molecule is CN(C(=O)CCc1cccc(OC2CCCC2)c1)c1ccc(OCC(=O)O)cc1. The summed E-state index contributed by atoms with van der Waals surface area (Å²) in [7, 11) is 1.73. The molecule has 2 aromatic carbocycles. The van der Waals surface area contributed by atoms with Crippen LogP contribution in [0.5, 0.6) is 11.5 Å². The number of amides is 1. The molecule has 1 N–H and O–H groups in total. The zero-order chi connectivity index (χ0) is 20.6. The van der Waals surface area contributed by atoms with E-state index < -0.39 is 12.6 Å². The van der Waals surface area contributed by atoms with E-state index in [4.69, 9.17) is 14.6 Å². The lowest BCUT2D eigenvalue weighted by Crippen LogP contribution is -2.26. The second-order valence-electron chi connectivity index (χ2n) is 7.30. The minimum atomic E-state index is -1.03. The smallest absolute Gasteiger partial charge is 0.341 e. The maximum atomic E-state index is 12.6. The Bertz CT molecular complexity index is 827. The van der Waals surface area contributed by atoms with Gasteiger partial charge < -0.3 is 19.5 Å². The average Bonchev–Trinajstić information content (AvgIpc) is 3.23. The first-order valence-electron chi connectivity index (χ1n) is 9.98. The van der Waals surface area contributed by atoms with Crippen molar-refractivity contribution >= 4 is 17.6 Å². The van der Waals surface area contributed by atoms with Gasteiger partial charge in [-0.15, -0.1) is 0 Å². The van der Waals surface area contributed by atoms with Gasteiger partial charge in [0.25, 0.3) is 0 Å². The number of benzene rings is 2. The van der Waals surface area contributed by atoms with Crippen molar-refractivity contribution in [1.29, 1.82) is 0 Å². The summed E-state index contributed by atoms with van der Waals surface area (Å²) in [5.41, 5.74) is 1.82. The molecule has 6 nitrogen and oxygen atoms in total. The lowest BCUT2D eigenvalue weighted by atomic mass is 10.1. The zero-order valence-corrected chi connectivity index (χ0v) is 16.7. The fourth-order valence-corrected chi connectivity index (χ4v) is 3.45. The Hall–Kier alpha value is -3.02. The van der Waals surface area contributed by atoms with Crippen LogP contribution in [0.1, 0.15) is 37.7 Å². The Labute approximate surface area is 171 Å². The third-order valence-electron chi connectivity index (χ3n) is 5.09. The quantitative estimate of drug-likeness (QED) is 0.690. The van der Waals surface area contributed by atoms with Crippen molar-refractivity contribution in [3.8, 4) is 11.5 Å². The van der Waals surface area contributed by atoms with Crippen LogP contribution in [0.4, 0.5) is 5.69 Å². The van der Waals surface area contributed by atoms with Gasteiger partial charge in [0.2, 0.25) is 5.91 Å². The van der Waals surface area contributed by atoms with Crippen LogP contribution in [0.15, 0.2) is 48.5 Å². The van der Waals surface area contributed by atoms with Crippen molar-refractivity contribution < 1.29 is 24.2 Å². The minimum Gasteiger partial charge on any atom is -0.490 e. The number of hydrogen-bond donors (Lipinski definition) is 1. The van der Waals surface area contributed by atoms with Gasteiger partial charge in [-0.3, -0.25) is 4.79 Å². The molecule has 0 atom stereocenters. The summed E-state index contributed by atoms with van der Waals surface area (Å²) < 4.78 is 11.2. The second-order valence-corrected chi connectivity index (χ2v) is 7.30. The Kier molecular flexibility index (Phi) is 7.11. The van der Waals surface area contributed by atoms with Crippen LogP contribution in [0.2, 0.25) is 0 Å². The Morgan fingerprint density at radius 3 is 2.48 bits per heavy atom. The fraction of sp³-hybridized carbons (Fsp3) is 0.391. The molecule has 0 radical (unpaired) electrons. The molecule has 6 heteroatoms. The van der Waals surface area contributed by atoms with Gasteiger partial charge in [0.15, 0.2) is 6.61 Å². The fourth-order valence-electron chi connectivity index (χ4n) is 3.45. The van der Waals surface area contributed by atoms with Gasteiger partial charge in [0.1, 0.15) is 11.5 Å². The molecular formula is C23H27NO5. The molecular weight excluding hydrogens is 370 g/mol. The van der Waals surface area contributed by atoms with Gasteiger partial charge in [-0.1, -0.05) is 12.1 Å². The highest BCUT2D eigenvalue weighted by Gasteiger charge is 2.17. The van der Waals surface area contributed by atoms with E-state index >= 15 is 0 Å². The predicted molar refractivity (Wildman–Crippen MR) is 111 cm³/mol. The largest absolute Gasteiger partial charge is 0.490 e. The summed E-state index contributed by atoms with van der Waals surface area (Å²) in [6.07, 6.45) is 6.06. The van der Waals surface area contributed by atoms with Crippen LogP contribution in [-0.2, 0) is 16.0 Å². The number of carbonyl (C=O) groups is 2. The molecule has 0 spiro atoms. The van der Waals surface area contributed by atoms with Gasteiger partial charge in [-0.2, -0.15) is 0 Å². The Morgan fingerprint density at radius 1 is 1.07 bits per heavy atom. The molecule has 1 saturated carbocycles. The molecule has 0 saturated heterocycles. The van der Waals surface area contributed by atoms with Crippen molar-refractivity contribution in [3.05, 3.63) is 54.1 Å². The Balaban J connectivity index is 1.51. The van der Waals surface area contributed by atoms with Gasteiger partial charge in [0.05, 0.1) is 6.10 Å². The third-order valence-corrected chi connectivity index (χ3v) is 5.09. The highest BCUT2D eigenvalue weighted by molar-refractivity contribution is 5.92. The number of nitrogens with zero attached hydrogens (tertiary/aromatic N) is 1. The van der Waals surface area contributed by atoms with E-state index in [1.807, 2.05) is 24.3 Å². The summed E-state index contributed by atoms with van der Waals surface area (Å²) in [6.45, 7) is -0.391. The summed E-state index contributed by atoms with van der Waals surface area (Å²) in [6, 6.07) is 14.8. The molecule has 154 valence electrons. The number of hydrogen-bond acceptors (Lipinski definition) is 4. The maximum Gasteiger partial charge on any atom is 0.341 e. The zero-order valence-electron chi connectivity index (χ0n) is 16.7. The normalized spacial score (nSPS) is 13.8. The van der Waals surface area contributed by atoms with Crippen molar-refractivity contribution in [2.45, 2.75) is 44.6 Å². The van der Waals surface area contributed by atoms with E-state index in [-0.39, 0.29) is 5.91 Å². The molecule has 29 heavy (non-hydrogen) atoms. The van der Waals surface area contributed by atoms with Crippen LogP contribution >= 0.6 is 0 Å². The van der Waals surface area contributed by atoms with E-state index in [1.54, 1.807) is 36.2 Å². The van der Waals surface area contributed by atoms with Crippen molar-refractivity contribution in [1.82, 2.24) is 0 Å². The molecule has 2 aromatic rings. The van der Waals surface area contributed by atoms with Crippen molar-refractivity contribution in [3.63, 3.8) is 0 Å². The summed E-state index contributed by atoms with van der Waals surface area (Å²) in [5, 5.41) is 8.65. The number of carbonyl (C=O) groups excluding carboxylic acids is 1. The average molecular weight is 397 g/mol. The monoisotopic (exact) mass is 397 g/mol. The van der Waals surface area contributed by atoms with Crippen LogP contribution in [0, 0.1) is 0 Å². The molecule has 1 amide bonds. The highest BCUT2D eigenvalue weighted by Crippen LogP contribution is 2.25. The molecule has 0 aliphatic heterocycles. The number of carboxylic acids is 1. The molecule has 0 aromatic heterocycles. The lowest BCUT2D eigenvalue weighted by molar-refractivity contribution is -0.139. The standard InChI is InChI=1S/C23H27NO5/c1-24(18-10-12-19(13-11-18)28-16-23(26)27)22(25)14-9-17-5-4-8-21(15-17)29-20-6-2-3-7-20/h4-5,8,10-13,15,20H,2-3,6-7,9,14,16H2,1H3,(H,26,27). The summed E-state index contributed by atoms with van der Waals surface area (Å²) in [4.78, 5) is 24.7. The minimum absolute atomic E-state index is 0.00585. The predicted octanol–water partition coefficient (Wildman–Crippen LogP) is 4.07. The molecule has 0 heterocycles. The van der Waals surface area contributed by atoms with Crippen molar-refractivity contribution in [2.75, 3.05) is 18.6 Å². The lowest BCUT2D eigenvalue weighted by Gasteiger charge is -2.18. The number of aliphatic carboxylic acids is 1. The van der Waals surface area contributed by atoms with Crippen molar-refractivity contribution in [2.24, 2.45) is 0 Å². The molecule has 1 fully saturated rings. The van der Waals surface area contributed by atoms with E-state index in [0.29, 0.717) is 24.7 Å². The number of ether oxygens (including phenoxy) is 2. The second kappa shape index (κ2) is 9.96. The van der Waals surface area contributed by atoms with E-state index in [2.05, 4.69) is 0 Å². The first kappa shape index (κ1) is 20.7. The topological polar surface area (TPSA) is 76.1 Å². The van der Waals surface area contributed by atoms with E-state index in [0.717, 1.165) is 29.8 Å². The first-order chi connectivity index (χ1) is 14.0. The van der Waals surface area contributed by atoms with Crippen LogP contribution in [0.3, 0.4) is 0 Å². The van der Waals surface area contributed by atoms with Gasteiger partial charge >= 0.3 is 5.97 Å². The number of aryl methyl sites for hydroxylation is 1.